The van der Waals surface area contributed by atoms with Gasteiger partial charge in [0.15, 0.2) is 0 Å². The van der Waals surface area contributed by atoms with Gasteiger partial charge in [0.25, 0.3) is 5.91 Å². The Kier molecular flexibility index (Phi) is 3.80. The van der Waals surface area contributed by atoms with Crippen molar-refractivity contribution in [2.45, 2.75) is 26.8 Å². The third-order valence-electron chi connectivity index (χ3n) is 2.73. The Balaban J connectivity index is 2.12. The van der Waals surface area contributed by atoms with E-state index >= 15 is 0 Å². The zero-order chi connectivity index (χ0) is 14.0. The van der Waals surface area contributed by atoms with E-state index in [0.717, 1.165) is 15.6 Å². The highest BCUT2D eigenvalue weighted by Crippen LogP contribution is 2.24. The van der Waals surface area contributed by atoms with Gasteiger partial charge in [-0.25, -0.2) is 4.98 Å². The highest BCUT2D eigenvalue weighted by atomic mass is 32.1. The first kappa shape index (κ1) is 13.5. The standard InChI is InChI=1S/C13H15N3O2S/c1-7-12(19-9(3)15-7)8(2)16-13(18)10-4-5-11(17)14-6-10/h4-6,8H,1-3H3,(H,14,17)(H,16,18). The number of nitrogens with one attached hydrogen (secondary N) is 2. The minimum absolute atomic E-state index is 0.106. The van der Waals surface area contributed by atoms with Crippen LogP contribution in [-0.4, -0.2) is 15.9 Å². The van der Waals surface area contributed by atoms with Crippen LogP contribution in [0.3, 0.4) is 0 Å². The van der Waals surface area contributed by atoms with Crippen LogP contribution in [0, 0.1) is 13.8 Å². The van der Waals surface area contributed by atoms with Gasteiger partial charge < -0.3 is 10.3 Å². The summed E-state index contributed by atoms with van der Waals surface area (Å²) < 4.78 is 0. The summed E-state index contributed by atoms with van der Waals surface area (Å²) in [6.07, 6.45) is 1.41. The van der Waals surface area contributed by atoms with E-state index in [-0.39, 0.29) is 17.5 Å². The van der Waals surface area contributed by atoms with Gasteiger partial charge in [0.2, 0.25) is 5.56 Å². The zero-order valence-corrected chi connectivity index (χ0v) is 11.8. The molecule has 2 aromatic heterocycles. The van der Waals surface area contributed by atoms with Crippen LogP contribution in [0.2, 0.25) is 0 Å². The fraction of sp³-hybridized carbons (Fsp3) is 0.308. The molecular weight excluding hydrogens is 262 g/mol. The van der Waals surface area contributed by atoms with Crippen LogP contribution in [0.15, 0.2) is 23.1 Å². The number of hydrogen-bond acceptors (Lipinski definition) is 4. The molecule has 0 fully saturated rings. The molecule has 5 nitrogen and oxygen atoms in total. The lowest BCUT2D eigenvalue weighted by Crippen LogP contribution is -2.27. The van der Waals surface area contributed by atoms with E-state index in [1.165, 1.54) is 18.3 Å². The first-order valence-corrected chi connectivity index (χ1v) is 6.72. The molecule has 0 aliphatic carbocycles. The quantitative estimate of drug-likeness (QED) is 0.900. The second-order valence-corrected chi connectivity index (χ2v) is 5.55. The van der Waals surface area contributed by atoms with Gasteiger partial charge in [-0.05, 0) is 26.8 Å². The van der Waals surface area contributed by atoms with Gasteiger partial charge in [0.05, 0.1) is 22.3 Å². The molecule has 2 rings (SSSR count). The largest absolute Gasteiger partial charge is 0.345 e. The molecule has 2 heterocycles. The molecule has 0 radical (unpaired) electrons. The number of pyridine rings is 1. The normalized spacial score (nSPS) is 12.2. The first-order valence-electron chi connectivity index (χ1n) is 5.91. The summed E-state index contributed by atoms with van der Waals surface area (Å²) in [7, 11) is 0. The van der Waals surface area contributed by atoms with Crippen LogP contribution in [0.1, 0.15) is 38.9 Å². The lowest BCUT2D eigenvalue weighted by molar-refractivity contribution is 0.0940. The molecule has 0 bridgehead atoms. The smallest absolute Gasteiger partial charge is 0.253 e. The number of aromatic amines is 1. The van der Waals surface area contributed by atoms with Crippen LogP contribution >= 0.6 is 11.3 Å². The second-order valence-electron chi connectivity index (χ2n) is 4.32. The molecule has 19 heavy (non-hydrogen) atoms. The molecule has 0 saturated carbocycles. The summed E-state index contributed by atoms with van der Waals surface area (Å²) in [4.78, 5) is 30.8. The van der Waals surface area contributed by atoms with E-state index in [1.807, 2.05) is 20.8 Å². The maximum absolute atomic E-state index is 12.0. The Bertz CT molecular complexity index is 640. The Morgan fingerprint density at radius 3 is 2.68 bits per heavy atom. The molecule has 100 valence electrons. The first-order chi connectivity index (χ1) is 8.97. The van der Waals surface area contributed by atoms with Gasteiger partial charge in [0.1, 0.15) is 0 Å². The lowest BCUT2D eigenvalue weighted by atomic mass is 10.2. The van der Waals surface area contributed by atoms with Crippen molar-refractivity contribution >= 4 is 17.2 Å². The van der Waals surface area contributed by atoms with Crippen LogP contribution < -0.4 is 10.9 Å². The van der Waals surface area contributed by atoms with Crippen LogP contribution in [0.5, 0.6) is 0 Å². The van der Waals surface area contributed by atoms with Crippen molar-refractivity contribution in [2.75, 3.05) is 0 Å². The van der Waals surface area contributed by atoms with Gasteiger partial charge in [-0.2, -0.15) is 0 Å². The Hall–Kier alpha value is -1.95. The number of H-pyrrole nitrogens is 1. The predicted molar refractivity (Wildman–Crippen MR) is 74.5 cm³/mol. The summed E-state index contributed by atoms with van der Waals surface area (Å²) in [5.74, 6) is -0.214. The average molecular weight is 277 g/mol. The van der Waals surface area contributed by atoms with E-state index in [4.69, 9.17) is 0 Å². The number of aryl methyl sites for hydroxylation is 2. The molecule has 0 aliphatic rings. The highest BCUT2D eigenvalue weighted by molar-refractivity contribution is 7.11. The van der Waals surface area contributed by atoms with Crippen molar-refractivity contribution in [1.82, 2.24) is 15.3 Å². The number of hydrogen-bond donors (Lipinski definition) is 2. The molecule has 2 aromatic rings. The SMILES string of the molecule is Cc1nc(C)c(C(C)NC(=O)c2ccc(=O)[nH]c2)s1. The summed E-state index contributed by atoms with van der Waals surface area (Å²) in [6, 6.07) is 2.73. The number of thiazole rings is 1. The van der Waals surface area contributed by atoms with Gasteiger partial charge >= 0.3 is 0 Å². The number of amides is 1. The molecule has 1 amide bonds. The highest BCUT2D eigenvalue weighted by Gasteiger charge is 2.16. The summed E-state index contributed by atoms with van der Waals surface area (Å²) in [6.45, 7) is 5.79. The van der Waals surface area contributed by atoms with E-state index in [2.05, 4.69) is 15.3 Å². The Morgan fingerprint density at radius 2 is 2.16 bits per heavy atom. The molecule has 2 N–H and O–H groups in total. The van der Waals surface area contributed by atoms with Crippen molar-refractivity contribution in [2.24, 2.45) is 0 Å². The molecule has 0 saturated heterocycles. The average Bonchev–Trinajstić information content (AvgIpc) is 2.69. The maximum atomic E-state index is 12.0. The number of carbonyl (C=O) groups is 1. The van der Waals surface area contributed by atoms with E-state index in [1.54, 1.807) is 11.3 Å². The van der Waals surface area contributed by atoms with Crippen molar-refractivity contribution in [3.05, 3.63) is 49.8 Å². The van der Waals surface area contributed by atoms with Crippen molar-refractivity contribution in [1.29, 1.82) is 0 Å². The van der Waals surface area contributed by atoms with Gasteiger partial charge in [0, 0.05) is 17.1 Å². The van der Waals surface area contributed by atoms with E-state index < -0.39 is 0 Å². The molecule has 0 aliphatic heterocycles. The molecule has 6 heteroatoms. The third-order valence-corrected chi connectivity index (χ3v) is 3.98. The maximum Gasteiger partial charge on any atom is 0.253 e. The fourth-order valence-corrected chi connectivity index (χ4v) is 2.78. The van der Waals surface area contributed by atoms with E-state index in [0.29, 0.717) is 5.56 Å². The molecule has 0 aromatic carbocycles. The molecule has 0 spiro atoms. The van der Waals surface area contributed by atoms with Gasteiger partial charge in [-0.1, -0.05) is 0 Å². The van der Waals surface area contributed by atoms with Crippen LogP contribution in [-0.2, 0) is 0 Å². The number of aromatic nitrogens is 2. The van der Waals surface area contributed by atoms with Gasteiger partial charge in [-0.15, -0.1) is 11.3 Å². The minimum atomic E-state index is -0.224. The summed E-state index contributed by atoms with van der Waals surface area (Å²) in [5, 5.41) is 3.88. The minimum Gasteiger partial charge on any atom is -0.345 e. The van der Waals surface area contributed by atoms with Gasteiger partial charge in [-0.3, -0.25) is 9.59 Å². The predicted octanol–water partition coefficient (Wildman–Crippen LogP) is 1.94. The number of rotatable bonds is 3. The van der Waals surface area contributed by atoms with Crippen molar-refractivity contribution < 1.29 is 4.79 Å². The number of carbonyl (C=O) groups excluding carboxylic acids is 1. The van der Waals surface area contributed by atoms with Crippen LogP contribution in [0.4, 0.5) is 0 Å². The fourth-order valence-electron chi connectivity index (χ4n) is 1.85. The summed E-state index contributed by atoms with van der Waals surface area (Å²) >= 11 is 1.58. The zero-order valence-electron chi connectivity index (χ0n) is 11.0. The Labute approximate surface area is 114 Å². The van der Waals surface area contributed by atoms with Crippen molar-refractivity contribution in [3.63, 3.8) is 0 Å². The number of nitrogens with zero attached hydrogens (tertiary/aromatic N) is 1. The molecule has 1 atom stereocenters. The summed E-state index contributed by atoms with van der Waals surface area (Å²) in [5.41, 5.74) is 1.15. The third kappa shape index (κ3) is 3.08. The molecular formula is C13H15N3O2S. The van der Waals surface area contributed by atoms with Crippen LogP contribution in [0.25, 0.3) is 0 Å². The monoisotopic (exact) mass is 277 g/mol. The lowest BCUT2D eigenvalue weighted by Gasteiger charge is -2.12. The second kappa shape index (κ2) is 5.36. The van der Waals surface area contributed by atoms with Crippen molar-refractivity contribution in [3.8, 4) is 0 Å². The van der Waals surface area contributed by atoms with E-state index in [9.17, 15) is 9.59 Å². The topological polar surface area (TPSA) is 74.8 Å². The Morgan fingerprint density at radius 1 is 1.42 bits per heavy atom. The molecule has 1 unspecified atom stereocenters.